The Morgan fingerprint density at radius 3 is 2.18 bits per heavy atom. The van der Waals surface area contributed by atoms with Crippen LogP contribution in [0.15, 0.2) is 0 Å². The normalized spacial score (nSPS) is 19.9. The first kappa shape index (κ1) is 15.8. The maximum absolute atomic E-state index is 11.3. The van der Waals surface area contributed by atoms with Crippen molar-refractivity contribution in [1.29, 1.82) is 0 Å². The van der Waals surface area contributed by atoms with Crippen LogP contribution in [0.4, 0.5) is 0 Å². The molecule has 0 fully saturated rings. The highest BCUT2D eigenvalue weighted by Crippen LogP contribution is 2.11. The van der Waals surface area contributed by atoms with E-state index in [0.717, 1.165) is 0 Å². The standard InChI is InChI=1S/C9H19N3O5/c1-3-5(13)6(14)9(11,8(16)17)12-7(15)4(2)10/h4-6,13-14H,3,10-11H2,1-2H3,(H,12,15)(H,16,17). The fourth-order valence-electron chi connectivity index (χ4n) is 1.10. The number of amides is 1. The van der Waals surface area contributed by atoms with E-state index in [1.54, 1.807) is 0 Å². The molecule has 0 heterocycles. The average Bonchev–Trinajstić information content (AvgIpc) is 2.26. The molecule has 8 N–H and O–H groups in total. The number of nitrogens with one attached hydrogen (secondary N) is 1. The number of aliphatic hydroxyl groups is 2. The van der Waals surface area contributed by atoms with E-state index in [0.29, 0.717) is 0 Å². The largest absolute Gasteiger partial charge is 0.478 e. The zero-order valence-electron chi connectivity index (χ0n) is 9.75. The molecule has 0 saturated carbocycles. The SMILES string of the molecule is CCC(O)C(O)C(N)(NC(=O)C(C)N)C(=O)O. The summed E-state index contributed by atoms with van der Waals surface area (Å²) in [7, 11) is 0. The van der Waals surface area contributed by atoms with Gasteiger partial charge < -0.3 is 26.4 Å². The molecule has 0 aromatic carbocycles. The summed E-state index contributed by atoms with van der Waals surface area (Å²) in [5.41, 5.74) is 8.18. The highest BCUT2D eigenvalue weighted by atomic mass is 16.4. The molecule has 0 bridgehead atoms. The number of nitrogens with two attached hydrogens (primary N) is 2. The van der Waals surface area contributed by atoms with Gasteiger partial charge >= 0.3 is 5.97 Å². The predicted molar refractivity (Wildman–Crippen MR) is 58.7 cm³/mol. The molecule has 0 aliphatic rings. The number of aliphatic carboxylic acids is 1. The second-order valence-corrected chi connectivity index (χ2v) is 3.87. The Morgan fingerprint density at radius 2 is 1.88 bits per heavy atom. The zero-order valence-corrected chi connectivity index (χ0v) is 9.75. The summed E-state index contributed by atoms with van der Waals surface area (Å²) in [5, 5.41) is 29.9. The van der Waals surface area contributed by atoms with Crippen molar-refractivity contribution in [3.63, 3.8) is 0 Å². The monoisotopic (exact) mass is 249 g/mol. The average molecular weight is 249 g/mol. The lowest BCUT2D eigenvalue weighted by atomic mass is 9.97. The van der Waals surface area contributed by atoms with Gasteiger partial charge in [0.1, 0.15) is 6.10 Å². The van der Waals surface area contributed by atoms with Crippen LogP contribution in [0.1, 0.15) is 20.3 Å². The third-order valence-corrected chi connectivity index (χ3v) is 2.35. The van der Waals surface area contributed by atoms with Crippen LogP contribution in [0.5, 0.6) is 0 Å². The number of aliphatic hydroxyl groups excluding tert-OH is 2. The van der Waals surface area contributed by atoms with Crippen molar-refractivity contribution in [3.8, 4) is 0 Å². The first-order chi connectivity index (χ1) is 7.66. The summed E-state index contributed by atoms with van der Waals surface area (Å²) in [5.74, 6) is -2.50. The van der Waals surface area contributed by atoms with Crippen LogP contribution >= 0.6 is 0 Å². The van der Waals surface area contributed by atoms with Crippen LogP contribution in [0.3, 0.4) is 0 Å². The summed E-state index contributed by atoms with van der Waals surface area (Å²) in [6.07, 6.45) is -3.13. The van der Waals surface area contributed by atoms with Gasteiger partial charge in [-0.15, -0.1) is 0 Å². The molecule has 8 nitrogen and oxygen atoms in total. The van der Waals surface area contributed by atoms with Crippen molar-refractivity contribution in [1.82, 2.24) is 5.32 Å². The van der Waals surface area contributed by atoms with E-state index in [1.807, 2.05) is 5.32 Å². The van der Waals surface area contributed by atoms with Gasteiger partial charge in [-0.25, -0.2) is 4.79 Å². The number of carbonyl (C=O) groups is 2. The molecule has 0 aliphatic carbocycles. The topological polar surface area (TPSA) is 159 Å². The Morgan fingerprint density at radius 1 is 1.41 bits per heavy atom. The Bertz CT molecular complexity index is 296. The molecule has 0 aliphatic heterocycles. The van der Waals surface area contributed by atoms with E-state index in [-0.39, 0.29) is 6.42 Å². The second-order valence-electron chi connectivity index (χ2n) is 3.87. The van der Waals surface area contributed by atoms with E-state index in [1.165, 1.54) is 13.8 Å². The van der Waals surface area contributed by atoms with Crippen molar-refractivity contribution >= 4 is 11.9 Å². The Labute approximate surface area is 98.6 Å². The Kier molecular flexibility index (Phi) is 5.49. The van der Waals surface area contributed by atoms with E-state index in [2.05, 4.69) is 0 Å². The van der Waals surface area contributed by atoms with Gasteiger partial charge in [0.05, 0.1) is 12.1 Å². The molecule has 0 spiro atoms. The van der Waals surface area contributed by atoms with Crippen molar-refractivity contribution in [2.24, 2.45) is 11.5 Å². The molecule has 0 radical (unpaired) electrons. The van der Waals surface area contributed by atoms with Crippen LogP contribution < -0.4 is 16.8 Å². The first-order valence-electron chi connectivity index (χ1n) is 5.12. The molecule has 8 heteroatoms. The molecule has 1 amide bonds. The van der Waals surface area contributed by atoms with Gasteiger partial charge in [0.15, 0.2) is 0 Å². The minimum Gasteiger partial charge on any atom is -0.478 e. The summed E-state index contributed by atoms with van der Waals surface area (Å²) in [6, 6.07) is -0.983. The molecular formula is C9H19N3O5. The molecular weight excluding hydrogens is 230 g/mol. The lowest BCUT2D eigenvalue weighted by molar-refractivity contribution is -0.158. The first-order valence-corrected chi connectivity index (χ1v) is 5.12. The highest BCUT2D eigenvalue weighted by molar-refractivity contribution is 5.89. The van der Waals surface area contributed by atoms with Gasteiger partial charge in [0, 0.05) is 0 Å². The highest BCUT2D eigenvalue weighted by Gasteiger charge is 2.46. The van der Waals surface area contributed by atoms with Crippen LogP contribution in [-0.2, 0) is 9.59 Å². The lowest BCUT2D eigenvalue weighted by Crippen LogP contribution is -2.72. The molecule has 17 heavy (non-hydrogen) atoms. The molecule has 0 aromatic heterocycles. The van der Waals surface area contributed by atoms with Crippen LogP contribution in [0.25, 0.3) is 0 Å². The number of hydrogen-bond acceptors (Lipinski definition) is 6. The van der Waals surface area contributed by atoms with E-state index >= 15 is 0 Å². The van der Waals surface area contributed by atoms with Crippen molar-refractivity contribution in [2.45, 2.75) is 44.2 Å². The van der Waals surface area contributed by atoms with Crippen molar-refractivity contribution in [2.75, 3.05) is 0 Å². The van der Waals surface area contributed by atoms with Crippen LogP contribution in [-0.4, -0.2) is 51.1 Å². The quantitative estimate of drug-likeness (QED) is 0.280. The maximum atomic E-state index is 11.3. The molecule has 4 atom stereocenters. The van der Waals surface area contributed by atoms with Crippen LogP contribution in [0, 0.1) is 0 Å². The number of hydrogen-bond donors (Lipinski definition) is 6. The third kappa shape index (κ3) is 3.63. The summed E-state index contributed by atoms with van der Waals surface area (Å²) in [4.78, 5) is 22.3. The maximum Gasteiger partial charge on any atom is 0.347 e. The minimum atomic E-state index is -2.47. The van der Waals surface area contributed by atoms with E-state index < -0.39 is 35.8 Å². The Balaban J connectivity index is 5.04. The number of carboxylic acid groups (broad SMARTS) is 1. The summed E-state index contributed by atoms with van der Waals surface area (Å²) in [6.45, 7) is 2.86. The number of rotatable bonds is 6. The fourth-order valence-corrected chi connectivity index (χ4v) is 1.10. The molecule has 0 aromatic rings. The lowest BCUT2D eigenvalue weighted by Gasteiger charge is -2.33. The summed E-state index contributed by atoms with van der Waals surface area (Å²) < 4.78 is 0. The van der Waals surface area contributed by atoms with Crippen molar-refractivity contribution in [3.05, 3.63) is 0 Å². The van der Waals surface area contributed by atoms with Gasteiger partial charge in [-0.05, 0) is 13.3 Å². The van der Waals surface area contributed by atoms with Gasteiger partial charge in [0.25, 0.3) is 0 Å². The summed E-state index contributed by atoms with van der Waals surface area (Å²) >= 11 is 0. The van der Waals surface area contributed by atoms with Crippen molar-refractivity contribution < 1.29 is 24.9 Å². The third-order valence-electron chi connectivity index (χ3n) is 2.35. The van der Waals surface area contributed by atoms with Gasteiger partial charge in [-0.1, -0.05) is 6.92 Å². The molecule has 100 valence electrons. The minimum absolute atomic E-state index is 0.0848. The van der Waals surface area contributed by atoms with E-state index in [4.69, 9.17) is 16.6 Å². The predicted octanol–water partition coefficient (Wildman–Crippen LogP) is -2.68. The van der Waals surface area contributed by atoms with Crippen LogP contribution in [0.2, 0.25) is 0 Å². The zero-order chi connectivity index (χ0) is 13.8. The number of carbonyl (C=O) groups excluding carboxylic acids is 1. The van der Waals surface area contributed by atoms with E-state index in [9.17, 15) is 19.8 Å². The molecule has 0 saturated heterocycles. The number of carboxylic acids is 1. The fraction of sp³-hybridized carbons (Fsp3) is 0.778. The molecule has 4 unspecified atom stereocenters. The second kappa shape index (κ2) is 5.92. The van der Waals surface area contributed by atoms with Gasteiger partial charge in [0.2, 0.25) is 11.6 Å². The smallest absolute Gasteiger partial charge is 0.347 e. The molecule has 0 rings (SSSR count). The Hall–Kier alpha value is -1.22. The van der Waals surface area contributed by atoms with Gasteiger partial charge in [-0.3, -0.25) is 10.5 Å². The van der Waals surface area contributed by atoms with Gasteiger partial charge in [-0.2, -0.15) is 0 Å².